The highest BCUT2D eigenvalue weighted by molar-refractivity contribution is 7.80. The molecule has 9 heteroatoms. The monoisotopic (exact) mass is 366 g/mol. The average molecular weight is 366 g/mol. The van der Waals surface area contributed by atoms with E-state index in [0.29, 0.717) is 18.8 Å². The van der Waals surface area contributed by atoms with E-state index in [1.54, 1.807) is 37.8 Å². The highest BCUT2D eigenvalue weighted by atomic mass is 32.1. The van der Waals surface area contributed by atoms with Gasteiger partial charge in [-0.25, -0.2) is 0 Å². The summed E-state index contributed by atoms with van der Waals surface area (Å²) in [4.78, 5) is 37.6. The zero-order valence-corrected chi connectivity index (χ0v) is 15.2. The largest absolute Gasteiger partial charge is 0.467 e. The number of furan rings is 1. The number of hydrogen-bond acceptors (Lipinski definition) is 5. The zero-order valence-electron chi connectivity index (χ0n) is 14.4. The SMILES string of the molecule is CC(C)(C)C(=O)NC(=S)NNC(=O)C1CC(=O)N(Cc2ccco2)C1. The van der Waals surface area contributed by atoms with Gasteiger partial charge in [0.05, 0.1) is 18.7 Å². The highest BCUT2D eigenvalue weighted by Crippen LogP contribution is 2.20. The minimum atomic E-state index is -0.597. The molecule has 0 spiro atoms. The van der Waals surface area contributed by atoms with Crippen LogP contribution in [-0.4, -0.2) is 34.3 Å². The molecule has 1 saturated heterocycles. The third kappa shape index (κ3) is 5.28. The Morgan fingerprint density at radius 3 is 2.68 bits per heavy atom. The van der Waals surface area contributed by atoms with Crippen molar-refractivity contribution >= 4 is 35.1 Å². The maximum absolute atomic E-state index is 12.2. The first-order valence-electron chi connectivity index (χ1n) is 7.88. The van der Waals surface area contributed by atoms with E-state index in [9.17, 15) is 14.4 Å². The van der Waals surface area contributed by atoms with Crippen molar-refractivity contribution in [2.75, 3.05) is 6.54 Å². The van der Waals surface area contributed by atoms with Crippen molar-refractivity contribution in [2.24, 2.45) is 11.3 Å². The second-order valence-electron chi connectivity index (χ2n) is 6.90. The number of nitrogens with zero attached hydrogens (tertiary/aromatic N) is 1. The van der Waals surface area contributed by atoms with Crippen molar-refractivity contribution in [1.82, 2.24) is 21.1 Å². The minimum Gasteiger partial charge on any atom is -0.467 e. The standard InChI is InChI=1S/C16H22N4O4S/c1-16(2,3)14(23)17-15(25)19-18-13(22)10-7-12(21)20(8-10)9-11-5-4-6-24-11/h4-6,10H,7-9H2,1-3H3,(H,18,22)(H2,17,19,23,25). The lowest BCUT2D eigenvalue weighted by Crippen LogP contribution is -2.52. The molecule has 3 N–H and O–H groups in total. The lowest BCUT2D eigenvalue weighted by molar-refractivity contribution is -0.129. The van der Waals surface area contributed by atoms with E-state index in [-0.39, 0.29) is 29.3 Å². The predicted octanol–water partition coefficient (Wildman–Crippen LogP) is 0.696. The van der Waals surface area contributed by atoms with Gasteiger partial charge in [0, 0.05) is 18.4 Å². The van der Waals surface area contributed by atoms with Gasteiger partial charge in [-0.3, -0.25) is 25.2 Å². The van der Waals surface area contributed by atoms with Gasteiger partial charge in [0.15, 0.2) is 5.11 Å². The average Bonchev–Trinajstić information content (AvgIpc) is 3.15. The summed E-state index contributed by atoms with van der Waals surface area (Å²) in [5.74, 6) is -0.558. The highest BCUT2D eigenvalue weighted by Gasteiger charge is 2.34. The van der Waals surface area contributed by atoms with Crippen molar-refractivity contribution in [3.05, 3.63) is 24.2 Å². The molecule has 0 saturated carbocycles. The van der Waals surface area contributed by atoms with Gasteiger partial charge in [0.2, 0.25) is 17.7 Å². The number of carbonyl (C=O) groups excluding carboxylic acids is 3. The van der Waals surface area contributed by atoms with Gasteiger partial charge in [0.25, 0.3) is 0 Å². The van der Waals surface area contributed by atoms with Crippen molar-refractivity contribution < 1.29 is 18.8 Å². The van der Waals surface area contributed by atoms with Crippen LogP contribution in [0.2, 0.25) is 0 Å². The summed E-state index contributed by atoms with van der Waals surface area (Å²) in [6.45, 7) is 5.89. The van der Waals surface area contributed by atoms with Crippen LogP contribution in [0.3, 0.4) is 0 Å². The number of thiocarbonyl (C=S) groups is 1. The molecule has 1 aliphatic rings. The summed E-state index contributed by atoms with van der Waals surface area (Å²) in [6, 6.07) is 3.52. The molecule has 2 rings (SSSR count). The number of rotatable bonds is 3. The van der Waals surface area contributed by atoms with Crippen LogP contribution in [0.15, 0.2) is 22.8 Å². The van der Waals surface area contributed by atoms with Crippen LogP contribution in [0.4, 0.5) is 0 Å². The summed E-state index contributed by atoms with van der Waals surface area (Å²) in [5, 5.41) is 2.49. The number of hydrogen-bond donors (Lipinski definition) is 3. The Bertz CT molecular complexity index is 666. The summed E-state index contributed by atoms with van der Waals surface area (Å²) in [5.41, 5.74) is 4.33. The molecule has 0 aromatic carbocycles. The van der Waals surface area contributed by atoms with Crippen LogP contribution in [-0.2, 0) is 20.9 Å². The minimum absolute atomic E-state index is 0.00467. The van der Waals surface area contributed by atoms with Crippen molar-refractivity contribution in [3.8, 4) is 0 Å². The van der Waals surface area contributed by atoms with Gasteiger partial charge in [-0.2, -0.15) is 0 Å². The van der Waals surface area contributed by atoms with Crippen LogP contribution in [0.5, 0.6) is 0 Å². The normalized spacial score (nSPS) is 17.3. The van der Waals surface area contributed by atoms with Crippen molar-refractivity contribution in [1.29, 1.82) is 0 Å². The molecule has 1 unspecified atom stereocenters. The lowest BCUT2D eigenvalue weighted by atomic mass is 9.96. The van der Waals surface area contributed by atoms with E-state index in [1.807, 2.05) is 0 Å². The van der Waals surface area contributed by atoms with Crippen LogP contribution in [0, 0.1) is 11.3 Å². The summed E-state index contributed by atoms with van der Waals surface area (Å²) < 4.78 is 5.22. The molecular formula is C16H22N4O4S. The Balaban J connectivity index is 1.78. The molecule has 1 aliphatic heterocycles. The van der Waals surface area contributed by atoms with Crippen LogP contribution in [0.1, 0.15) is 33.0 Å². The molecule has 1 aromatic rings. The molecule has 0 aliphatic carbocycles. The molecule has 136 valence electrons. The van der Waals surface area contributed by atoms with Crippen molar-refractivity contribution in [2.45, 2.75) is 33.7 Å². The number of carbonyl (C=O) groups is 3. The Morgan fingerprint density at radius 1 is 1.36 bits per heavy atom. The van der Waals surface area contributed by atoms with Crippen LogP contribution >= 0.6 is 12.2 Å². The van der Waals surface area contributed by atoms with Gasteiger partial charge < -0.3 is 14.6 Å². The quantitative estimate of drug-likeness (QED) is 0.537. The van der Waals surface area contributed by atoms with Crippen LogP contribution in [0.25, 0.3) is 0 Å². The fourth-order valence-electron chi connectivity index (χ4n) is 2.23. The lowest BCUT2D eigenvalue weighted by Gasteiger charge is -2.19. The molecule has 8 nitrogen and oxygen atoms in total. The van der Waals surface area contributed by atoms with E-state index >= 15 is 0 Å². The fourth-order valence-corrected chi connectivity index (χ4v) is 2.38. The number of nitrogens with one attached hydrogen (secondary N) is 3. The number of hydrazine groups is 1. The van der Waals surface area contributed by atoms with E-state index in [4.69, 9.17) is 16.6 Å². The molecule has 3 amide bonds. The van der Waals surface area contributed by atoms with E-state index in [0.717, 1.165) is 0 Å². The maximum Gasteiger partial charge on any atom is 0.243 e. The van der Waals surface area contributed by atoms with Gasteiger partial charge in [0.1, 0.15) is 5.76 Å². The first kappa shape index (κ1) is 18.9. The molecule has 1 aromatic heterocycles. The Hall–Kier alpha value is -2.42. The smallest absolute Gasteiger partial charge is 0.243 e. The van der Waals surface area contributed by atoms with Gasteiger partial charge >= 0.3 is 0 Å². The van der Waals surface area contributed by atoms with Gasteiger partial charge in [-0.05, 0) is 24.4 Å². The van der Waals surface area contributed by atoms with Gasteiger partial charge in [-0.1, -0.05) is 20.8 Å². The predicted molar refractivity (Wildman–Crippen MR) is 93.7 cm³/mol. The third-order valence-electron chi connectivity index (χ3n) is 3.72. The summed E-state index contributed by atoms with van der Waals surface area (Å²) in [7, 11) is 0. The second-order valence-corrected chi connectivity index (χ2v) is 7.31. The first-order chi connectivity index (χ1) is 11.7. The fraction of sp³-hybridized carbons (Fsp3) is 0.500. The summed E-state index contributed by atoms with van der Waals surface area (Å²) in [6.07, 6.45) is 1.66. The molecular weight excluding hydrogens is 344 g/mol. The van der Waals surface area contributed by atoms with Crippen LogP contribution < -0.4 is 16.2 Å². The van der Waals surface area contributed by atoms with E-state index in [2.05, 4.69) is 16.2 Å². The van der Waals surface area contributed by atoms with E-state index in [1.165, 1.54) is 6.26 Å². The number of amides is 3. The second kappa shape index (κ2) is 7.64. The Morgan fingerprint density at radius 2 is 2.08 bits per heavy atom. The molecule has 0 radical (unpaired) electrons. The van der Waals surface area contributed by atoms with Crippen molar-refractivity contribution in [3.63, 3.8) is 0 Å². The number of likely N-dealkylation sites (tertiary alicyclic amines) is 1. The van der Waals surface area contributed by atoms with E-state index < -0.39 is 11.3 Å². The maximum atomic E-state index is 12.2. The molecule has 2 heterocycles. The zero-order chi connectivity index (χ0) is 18.6. The topological polar surface area (TPSA) is 104 Å². The van der Waals surface area contributed by atoms with Gasteiger partial charge in [-0.15, -0.1) is 0 Å². The first-order valence-corrected chi connectivity index (χ1v) is 8.29. The Kier molecular flexibility index (Phi) is 5.78. The summed E-state index contributed by atoms with van der Waals surface area (Å²) >= 11 is 4.97. The molecule has 0 bridgehead atoms. The molecule has 25 heavy (non-hydrogen) atoms. The third-order valence-corrected chi connectivity index (χ3v) is 3.92. The molecule has 1 fully saturated rings. The Labute approximate surface area is 151 Å². The molecule has 1 atom stereocenters.